The third-order valence-corrected chi connectivity index (χ3v) is 29.2. The predicted molar refractivity (Wildman–Crippen MR) is 619 cm³/mol. The standard InChI is InChI=1S/C52H34N4.C45H29N5.C40H26N4/c1-3-12-35(13-4-1)36-22-24-37(25-23-36)38-14-11-15-41(32-38)47-30-31-53-52(54-47)56-49-21-10-8-19-44(49)46-34-40(27-29-51(46)56)39-26-28-50-45(33-39)43-18-7-9-20-48(43)55(50)42-16-5-2-6-17-42;1-3-13-30(14-4-1)43-46-44(31-15-5-2-6-16-31)48-45(47-43)32-23-25-33(26-24-32)49-41-22-12-9-19-37(41)38-29-34(27-28-42(38)49)50-39-20-10-7-17-35(39)36-18-8-11-21-40(36)50;1-3-11-27(12-4-1)35-23-24-41-40(42-35)44-37-18-10-8-16-32(37)34-26-29(20-22-39(34)44)28-19-21-38-33(25-28)31-15-7-9-17-36(31)43(38)30-13-5-2-6-14-30/h1-34H;1-29H;1-26H. The number of benzene rings is 21. The maximum atomic E-state index is 5.19. The average molecular weight is 1920 g/mol. The number of para-hydroxylation sites is 9. The van der Waals surface area contributed by atoms with Crippen LogP contribution in [0, 0.1) is 0 Å². The first-order chi connectivity index (χ1) is 74.4. The van der Waals surface area contributed by atoms with Crippen LogP contribution in [0.5, 0.6) is 0 Å². The Balaban J connectivity index is 0.000000109. The van der Waals surface area contributed by atoms with Crippen molar-refractivity contribution in [1.82, 2.24) is 62.3 Å². The Morgan fingerprint density at radius 2 is 0.340 bits per heavy atom. The molecule has 0 atom stereocenters. The molecular formula is C137H89N13. The molecule has 0 amide bonds. The van der Waals surface area contributed by atoms with Crippen molar-refractivity contribution in [2.45, 2.75) is 0 Å². The van der Waals surface area contributed by atoms with Gasteiger partial charge in [0.15, 0.2) is 17.5 Å². The van der Waals surface area contributed by atoms with Crippen LogP contribution in [0.1, 0.15) is 0 Å². The van der Waals surface area contributed by atoms with Gasteiger partial charge in [0.1, 0.15) is 0 Å². The Hall–Kier alpha value is -20.4. The zero-order valence-electron chi connectivity index (χ0n) is 81.2. The Kier molecular flexibility index (Phi) is 21.6. The second-order valence-electron chi connectivity index (χ2n) is 37.9. The molecule has 9 heterocycles. The van der Waals surface area contributed by atoms with E-state index in [1.807, 2.05) is 109 Å². The van der Waals surface area contributed by atoms with Gasteiger partial charge in [-0.3, -0.25) is 9.13 Å². The highest BCUT2D eigenvalue weighted by atomic mass is 15.2. The molecule has 0 radical (unpaired) electrons. The largest absolute Gasteiger partial charge is 0.309 e. The summed E-state index contributed by atoms with van der Waals surface area (Å²) in [6.07, 6.45) is 3.72. The highest BCUT2D eigenvalue weighted by Crippen LogP contribution is 2.45. The van der Waals surface area contributed by atoms with Crippen molar-refractivity contribution in [1.29, 1.82) is 0 Å². The number of rotatable bonds is 15. The Morgan fingerprint density at radius 3 is 0.713 bits per heavy atom. The number of fused-ring (bicyclic) bond motifs is 18. The molecule has 0 aliphatic rings. The summed E-state index contributed by atoms with van der Waals surface area (Å²) in [5.74, 6) is 3.26. The lowest BCUT2D eigenvalue weighted by Crippen LogP contribution is -2.01. The first-order valence-electron chi connectivity index (χ1n) is 50.6. The molecular weight excluding hydrogens is 1830 g/mol. The van der Waals surface area contributed by atoms with Crippen LogP contribution in [0.25, 0.3) is 267 Å². The van der Waals surface area contributed by atoms with Crippen molar-refractivity contribution < 1.29 is 0 Å². The predicted octanol–water partition coefficient (Wildman–Crippen LogP) is 34.4. The summed E-state index contributed by atoms with van der Waals surface area (Å²) < 4.78 is 13.8. The summed E-state index contributed by atoms with van der Waals surface area (Å²) >= 11 is 0. The molecule has 30 aromatic rings. The van der Waals surface area contributed by atoms with Crippen molar-refractivity contribution in [2.24, 2.45) is 0 Å². The fourth-order valence-corrected chi connectivity index (χ4v) is 22.2. The van der Waals surface area contributed by atoms with Gasteiger partial charge in [-0.1, -0.05) is 352 Å². The maximum Gasteiger partial charge on any atom is 0.235 e. The minimum Gasteiger partial charge on any atom is -0.309 e. The van der Waals surface area contributed by atoms with Gasteiger partial charge in [0.2, 0.25) is 11.9 Å². The Labute approximate surface area is 863 Å². The van der Waals surface area contributed by atoms with Crippen molar-refractivity contribution in [3.05, 3.63) is 540 Å². The van der Waals surface area contributed by atoms with Crippen LogP contribution in [0.4, 0.5) is 0 Å². The summed E-state index contributed by atoms with van der Waals surface area (Å²) in [7, 11) is 0. The van der Waals surface area contributed by atoms with Crippen molar-refractivity contribution in [2.75, 3.05) is 0 Å². The molecule has 0 bridgehead atoms. The lowest BCUT2D eigenvalue weighted by molar-refractivity contribution is 0.992. The smallest absolute Gasteiger partial charge is 0.235 e. The van der Waals surface area contributed by atoms with Gasteiger partial charge in [-0.25, -0.2) is 34.9 Å². The fourth-order valence-electron chi connectivity index (χ4n) is 22.2. The molecule has 21 aromatic carbocycles. The van der Waals surface area contributed by atoms with Gasteiger partial charge in [-0.2, -0.15) is 0 Å². The zero-order chi connectivity index (χ0) is 99.1. The van der Waals surface area contributed by atoms with Crippen LogP contribution in [-0.4, -0.2) is 62.3 Å². The molecule has 0 N–H and O–H groups in total. The summed E-state index contributed by atoms with van der Waals surface area (Å²) in [6, 6.07) is 186. The van der Waals surface area contributed by atoms with E-state index in [0.29, 0.717) is 29.4 Å². The molecule has 0 fully saturated rings. The zero-order valence-corrected chi connectivity index (χ0v) is 81.2. The van der Waals surface area contributed by atoms with Gasteiger partial charge in [0, 0.05) is 128 Å². The minimum atomic E-state index is 0.641. The molecule has 30 rings (SSSR count). The van der Waals surface area contributed by atoms with Gasteiger partial charge >= 0.3 is 0 Å². The Bertz CT molecular complexity index is 10300. The minimum absolute atomic E-state index is 0.641. The lowest BCUT2D eigenvalue weighted by Gasteiger charge is -2.11. The fraction of sp³-hybridized carbons (Fsp3) is 0. The summed E-state index contributed by atoms with van der Waals surface area (Å²) in [6.45, 7) is 0. The van der Waals surface area contributed by atoms with E-state index in [1.54, 1.807) is 0 Å². The van der Waals surface area contributed by atoms with E-state index < -0.39 is 0 Å². The van der Waals surface area contributed by atoms with E-state index in [4.69, 9.17) is 34.9 Å². The van der Waals surface area contributed by atoms with Gasteiger partial charge in [-0.05, 0) is 220 Å². The first-order valence-corrected chi connectivity index (χ1v) is 50.6. The number of aromatic nitrogens is 13. The van der Waals surface area contributed by atoms with E-state index in [9.17, 15) is 0 Å². The van der Waals surface area contributed by atoms with Gasteiger partial charge in [0.25, 0.3) is 0 Å². The summed E-state index contributed by atoms with van der Waals surface area (Å²) in [5.41, 5.74) is 34.6. The molecule has 150 heavy (non-hydrogen) atoms. The van der Waals surface area contributed by atoms with Crippen molar-refractivity contribution in [3.8, 4) is 136 Å². The van der Waals surface area contributed by atoms with Crippen LogP contribution in [0.3, 0.4) is 0 Å². The second kappa shape index (κ2) is 37.1. The van der Waals surface area contributed by atoms with E-state index in [-0.39, 0.29) is 0 Å². The van der Waals surface area contributed by atoms with Gasteiger partial charge in [-0.15, -0.1) is 0 Å². The SMILES string of the molecule is c1ccc(-c2ccc(-c3cccc(-c4ccnc(-n5c6ccccc6c6cc(-c7ccc8c(c7)c7ccccc7n8-c7ccccc7)ccc65)n4)c3)cc2)cc1.c1ccc(-c2ccnc(-n3c4ccccc4c4cc(-c5ccc6c(c5)c5ccccc5n6-c5ccccc5)ccc43)n2)cc1.c1ccc(-c2nc(-c3ccccc3)nc(-c3ccc(-n4c5ccccc5c5cc(-n6c7ccccc7c7ccccc76)ccc54)cc3)n2)cc1. The maximum absolute atomic E-state index is 5.19. The van der Waals surface area contributed by atoms with Crippen molar-refractivity contribution in [3.63, 3.8) is 0 Å². The van der Waals surface area contributed by atoms with Crippen molar-refractivity contribution >= 4 is 131 Å². The van der Waals surface area contributed by atoms with Crippen LogP contribution in [0.2, 0.25) is 0 Å². The van der Waals surface area contributed by atoms with Crippen LogP contribution in [-0.2, 0) is 0 Å². The third-order valence-electron chi connectivity index (χ3n) is 29.2. The van der Waals surface area contributed by atoms with E-state index in [0.717, 1.165) is 94.9 Å². The monoisotopic (exact) mass is 1920 g/mol. The molecule has 0 unspecified atom stereocenters. The molecule has 702 valence electrons. The van der Waals surface area contributed by atoms with Crippen LogP contribution < -0.4 is 0 Å². The van der Waals surface area contributed by atoms with E-state index in [1.165, 1.54) is 142 Å². The summed E-state index contributed by atoms with van der Waals surface area (Å²) in [5, 5.41) is 14.6. The van der Waals surface area contributed by atoms with E-state index in [2.05, 4.69) is 458 Å². The second-order valence-corrected chi connectivity index (χ2v) is 37.9. The third kappa shape index (κ3) is 15.5. The normalized spacial score (nSPS) is 11.6. The molecule has 13 nitrogen and oxygen atoms in total. The highest BCUT2D eigenvalue weighted by Gasteiger charge is 2.25. The van der Waals surface area contributed by atoms with Crippen LogP contribution >= 0.6 is 0 Å². The quantitative estimate of drug-likeness (QED) is 0.100. The highest BCUT2D eigenvalue weighted by molar-refractivity contribution is 6.17. The molecule has 0 saturated carbocycles. The van der Waals surface area contributed by atoms with Gasteiger partial charge < -0.3 is 18.3 Å². The number of hydrogen-bond donors (Lipinski definition) is 0. The molecule has 0 saturated heterocycles. The number of nitrogens with zero attached hydrogens (tertiary/aromatic N) is 13. The molecule has 0 aliphatic heterocycles. The topological polar surface area (TPSA) is 120 Å². The van der Waals surface area contributed by atoms with Gasteiger partial charge in [0.05, 0.1) is 77.6 Å². The molecule has 0 aliphatic carbocycles. The molecule has 9 aromatic heterocycles. The first kappa shape index (κ1) is 87.4. The van der Waals surface area contributed by atoms with Crippen LogP contribution in [0.15, 0.2) is 540 Å². The number of hydrogen-bond acceptors (Lipinski definition) is 7. The molecule has 0 spiro atoms. The van der Waals surface area contributed by atoms with E-state index >= 15 is 0 Å². The Morgan fingerprint density at radius 1 is 0.120 bits per heavy atom. The molecule has 13 heteroatoms. The average Bonchev–Trinajstić information content (AvgIpc) is 1.58. The summed E-state index contributed by atoms with van der Waals surface area (Å²) in [4.78, 5) is 34.5. The lowest BCUT2D eigenvalue weighted by atomic mass is 9.98.